The van der Waals surface area contributed by atoms with Crippen LogP contribution in [0.25, 0.3) is 11.3 Å². The Kier molecular flexibility index (Phi) is 6.80. The fraction of sp³-hybridized carbons (Fsp3) is 0.609. The normalized spacial score (nSPS) is 17.9. The van der Waals surface area contributed by atoms with Crippen molar-refractivity contribution in [3.05, 3.63) is 36.0 Å². The van der Waals surface area contributed by atoms with Gasteiger partial charge in [0, 0.05) is 12.1 Å². The van der Waals surface area contributed by atoms with E-state index in [-0.39, 0.29) is 11.7 Å². The number of aliphatic hydroxyl groups is 1. The molecule has 7 heteroatoms. The van der Waals surface area contributed by atoms with Crippen molar-refractivity contribution in [2.24, 2.45) is 11.8 Å². The molecular formula is C23H31F3N2O2. The molecule has 1 N–H and O–H groups in total. The lowest BCUT2D eigenvalue weighted by atomic mass is 9.71. The predicted molar refractivity (Wildman–Crippen MR) is 110 cm³/mol. The van der Waals surface area contributed by atoms with Gasteiger partial charge in [-0.25, -0.2) is 0 Å². The Morgan fingerprint density at radius 2 is 1.77 bits per heavy atom. The molecule has 3 rings (SSSR count). The van der Waals surface area contributed by atoms with Crippen molar-refractivity contribution in [2.75, 3.05) is 0 Å². The third kappa shape index (κ3) is 5.17. The van der Waals surface area contributed by atoms with Gasteiger partial charge in [-0.1, -0.05) is 33.1 Å². The van der Waals surface area contributed by atoms with Gasteiger partial charge in [0.15, 0.2) is 0 Å². The van der Waals surface area contributed by atoms with Crippen molar-refractivity contribution in [3.8, 4) is 17.0 Å². The number of ether oxygens (including phenoxy) is 1. The summed E-state index contributed by atoms with van der Waals surface area (Å²) >= 11 is 0. The molecule has 30 heavy (non-hydrogen) atoms. The maximum absolute atomic E-state index is 12.4. The first-order valence-corrected chi connectivity index (χ1v) is 10.8. The van der Waals surface area contributed by atoms with E-state index in [0.717, 1.165) is 31.4 Å². The summed E-state index contributed by atoms with van der Waals surface area (Å²) in [5.41, 5.74) is 1.17. The minimum atomic E-state index is -4.72. The number of benzene rings is 1. The average Bonchev–Trinajstić information content (AvgIpc) is 3.12. The molecule has 0 aliphatic heterocycles. The number of alkyl halides is 3. The molecular weight excluding hydrogens is 393 g/mol. The van der Waals surface area contributed by atoms with Gasteiger partial charge in [0.2, 0.25) is 0 Å². The minimum absolute atomic E-state index is 0.186. The van der Waals surface area contributed by atoms with Gasteiger partial charge in [-0.15, -0.1) is 13.2 Å². The largest absolute Gasteiger partial charge is 0.573 e. The zero-order valence-electron chi connectivity index (χ0n) is 17.9. The van der Waals surface area contributed by atoms with Crippen LogP contribution in [0.4, 0.5) is 13.2 Å². The SMILES string of the molecule is CCn1nc(-c2ccc(OC(F)(F)F)cc2)cc1C(O)(CC(C)C)C1CCCCC1. The summed E-state index contributed by atoms with van der Waals surface area (Å²) in [5, 5.41) is 16.6. The molecule has 2 aromatic rings. The van der Waals surface area contributed by atoms with Gasteiger partial charge in [0.25, 0.3) is 0 Å². The van der Waals surface area contributed by atoms with Crippen LogP contribution in [0.2, 0.25) is 0 Å². The predicted octanol–water partition coefficient (Wildman–Crippen LogP) is 6.28. The van der Waals surface area contributed by atoms with Crippen LogP contribution in [-0.2, 0) is 12.1 Å². The Labute approximate surface area is 176 Å². The second-order valence-electron chi connectivity index (χ2n) is 8.66. The molecule has 1 fully saturated rings. The standard InChI is InChI=1S/C23H31F3N2O2/c1-4-28-21(22(29,15-16(2)3)18-8-6-5-7-9-18)14-20(27-28)17-10-12-19(13-11-17)30-23(24,25)26/h10-14,16,18,29H,4-9,15H2,1-3H3. The zero-order chi connectivity index (χ0) is 21.9. The van der Waals surface area contributed by atoms with E-state index in [9.17, 15) is 18.3 Å². The highest BCUT2D eigenvalue weighted by Gasteiger charge is 2.42. The van der Waals surface area contributed by atoms with Crippen LogP contribution in [0, 0.1) is 11.8 Å². The fourth-order valence-corrected chi connectivity index (χ4v) is 4.66. The molecule has 1 atom stereocenters. The second-order valence-corrected chi connectivity index (χ2v) is 8.66. The number of hydrogen-bond acceptors (Lipinski definition) is 3. The lowest BCUT2D eigenvalue weighted by Crippen LogP contribution is -2.39. The molecule has 4 nitrogen and oxygen atoms in total. The first-order chi connectivity index (χ1) is 14.1. The summed E-state index contributed by atoms with van der Waals surface area (Å²) in [5.74, 6) is 0.241. The van der Waals surface area contributed by atoms with Gasteiger partial charge in [0.05, 0.1) is 11.4 Å². The van der Waals surface area contributed by atoms with Gasteiger partial charge < -0.3 is 9.84 Å². The van der Waals surface area contributed by atoms with Crippen molar-refractivity contribution in [1.82, 2.24) is 9.78 Å². The molecule has 1 heterocycles. The van der Waals surface area contributed by atoms with E-state index in [1.54, 1.807) is 12.1 Å². The lowest BCUT2D eigenvalue weighted by molar-refractivity contribution is -0.274. The molecule has 1 aromatic carbocycles. The number of hydrogen-bond donors (Lipinski definition) is 1. The third-order valence-corrected chi connectivity index (χ3v) is 5.91. The second kappa shape index (κ2) is 9.00. The zero-order valence-corrected chi connectivity index (χ0v) is 17.9. The molecule has 0 saturated heterocycles. The van der Waals surface area contributed by atoms with Gasteiger partial charge >= 0.3 is 6.36 Å². The third-order valence-electron chi connectivity index (χ3n) is 5.91. The van der Waals surface area contributed by atoms with Crippen molar-refractivity contribution in [2.45, 2.75) is 77.8 Å². The van der Waals surface area contributed by atoms with E-state index < -0.39 is 12.0 Å². The summed E-state index contributed by atoms with van der Waals surface area (Å²) in [6.07, 6.45) is 1.39. The van der Waals surface area contributed by atoms with Crippen LogP contribution in [-0.4, -0.2) is 21.2 Å². The molecule has 0 radical (unpaired) electrons. The molecule has 0 spiro atoms. The Bertz CT molecular complexity index is 824. The topological polar surface area (TPSA) is 47.3 Å². The van der Waals surface area contributed by atoms with E-state index >= 15 is 0 Å². The highest BCUT2D eigenvalue weighted by molar-refractivity contribution is 5.61. The maximum Gasteiger partial charge on any atom is 0.573 e. The van der Waals surface area contributed by atoms with Crippen LogP contribution in [0.15, 0.2) is 30.3 Å². The minimum Gasteiger partial charge on any atom is -0.406 e. The lowest BCUT2D eigenvalue weighted by Gasteiger charge is -2.40. The summed E-state index contributed by atoms with van der Waals surface area (Å²) in [7, 11) is 0. The first kappa shape index (κ1) is 22.7. The van der Waals surface area contributed by atoms with E-state index in [0.29, 0.717) is 30.1 Å². The van der Waals surface area contributed by atoms with Gasteiger partial charge in [-0.05, 0) is 68.4 Å². The molecule has 166 valence electrons. The van der Waals surface area contributed by atoms with Gasteiger partial charge in [-0.3, -0.25) is 4.68 Å². The highest BCUT2D eigenvalue weighted by Crippen LogP contribution is 2.44. The van der Waals surface area contributed by atoms with Crippen LogP contribution in [0.3, 0.4) is 0 Å². The summed E-state index contributed by atoms with van der Waals surface area (Å²) < 4.78 is 43.0. The van der Waals surface area contributed by atoms with Crippen LogP contribution >= 0.6 is 0 Å². The number of aryl methyl sites for hydroxylation is 1. The van der Waals surface area contributed by atoms with Gasteiger partial charge in [0.1, 0.15) is 11.4 Å². The molecule has 1 saturated carbocycles. The van der Waals surface area contributed by atoms with E-state index in [2.05, 4.69) is 23.7 Å². The van der Waals surface area contributed by atoms with E-state index in [1.807, 2.05) is 17.7 Å². The smallest absolute Gasteiger partial charge is 0.406 e. The van der Waals surface area contributed by atoms with Crippen molar-refractivity contribution < 1.29 is 23.0 Å². The molecule has 1 unspecified atom stereocenters. The number of halogens is 3. The van der Waals surface area contributed by atoms with E-state index in [4.69, 9.17) is 0 Å². The Morgan fingerprint density at radius 1 is 1.13 bits per heavy atom. The van der Waals surface area contributed by atoms with Crippen LogP contribution in [0.1, 0.15) is 65.0 Å². The number of aromatic nitrogens is 2. The summed E-state index contributed by atoms with van der Waals surface area (Å²) in [6, 6.07) is 7.61. The molecule has 1 aromatic heterocycles. The maximum atomic E-state index is 12.4. The quantitative estimate of drug-likeness (QED) is 0.569. The summed E-state index contributed by atoms with van der Waals surface area (Å²) in [4.78, 5) is 0. The fourth-order valence-electron chi connectivity index (χ4n) is 4.66. The molecule has 0 bridgehead atoms. The van der Waals surface area contributed by atoms with E-state index in [1.165, 1.54) is 18.6 Å². The number of rotatable bonds is 7. The van der Waals surface area contributed by atoms with Crippen molar-refractivity contribution in [1.29, 1.82) is 0 Å². The Balaban J connectivity index is 1.95. The monoisotopic (exact) mass is 424 g/mol. The molecule has 0 amide bonds. The average molecular weight is 425 g/mol. The first-order valence-electron chi connectivity index (χ1n) is 10.8. The Morgan fingerprint density at radius 3 is 2.30 bits per heavy atom. The Hall–Kier alpha value is -2.02. The molecule has 1 aliphatic carbocycles. The van der Waals surface area contributed by atoms with Crippen LogP contribution in [0.5, 0.6) is 5.75 Å². The van der Waals surface area contributed by atoms with Crippen LogP contribution < -0.4 is 4.74 Å². The number of nitrogens with zero attached hydrogens (tertiary/aromatic N) is 2. The molecule has 1 aliphatic rings. The van der Waals surface area contributed by atoms with Gasteiger partial charge in [-0.2, -0.15) is 5.10 Å². The highest BCUT2D eigenvalue weighted by atomic mass is 19.4. The van der Waals surface area contributed by atoms with Crippen molar-refractivity contribution >= 4 is 0 Å². The summed E-state index contributed by atoms with van der Waals surface area (Å²) in [6.45, 7) is 6.82. The van der Waals surface area contributed by atoms with Crippen molar-refractivity contribution in [3.63, 3.8) is 0 Å².